The van der Waals surface area contributed by atoms with Crippen LogP contribution in [-0.4, -0.2) is 9.97 Å². The molecule has 1 aromatic carbocycles. The lowest BCUT2D eigenvalue weighted by Crippen LogP contribution is -2.38. The fraction of sp³-hybridized carbons (Fsp3) is 0.444. The Balaban J connectivity index is 1.56. The van der Waals surface area contributed by atoms with Gasteiger partial charge in [-0.25, -0.2) is 4.98 Å². The number of aryl methyl sites for hydroxylation is 2. The number of H-pyrrole nitrogens is 1. The van der Waals surface area contributed by atoms with Crippen LogP contribution in [0.4, 0.5) is 0 Å². The van der Waals surface area contributed by atoms with E-state index in [9.17, 15) is 4.79 Å². The third kappa shape index (κ3) is 2.52. The molecule has 2 heterocycles. The van der Waals surface area contributed by atoms with Crippen LogP contribution in [0.2, 0.25) is 0 Å². The number of thioether (sulfide) groups is 1. The normalized spacial score (nSPS) is 18.0. The summed E-state index contributed by atoms with van der Waals surface area (Å²) in [6.07, 6.45) is 3.02. The Morgan fingerprint density at radius 1 is 1.30 bits per heavy atom. The number of nitrogens with one attached hydrogen (secondary N) is 1. The standard InChI is InChI=1S/C18H20N2O2S/c1-11-4-5-13(8-12(11)2)23-10-15-19-14-9-22-18(6-3-7-18)16(14)17(21)20-15/h4-5,8H,3,6-7,9-10H2,1-2H3,(H,19,20,21). The predicted octanol–water partition coefficient (Wildman–Crippen LogP) is 3.59. The molecule has 1 saturated carbocycles. The molecule has 120 valence electrons. The van der Waals surface area contributed by atoms with Gasteiger partial charge >= 0.3 is 0 Å². The molecular weight excluding hydrogens is 308 g/mol. The number of hydrogen-bond donors (Lipinski definition) is 1. The highest BCUT2D eigenvalue weighted by molar-refractivity contribution is 7.98. The molecule has 23 heavy (non-hydrogen) atoms. The number of hydrogen-bond acceptors (Lipinski definition) is 4. The molecule has 0 atom stereocenters. The summed E-state index contributed by atoms with van der Waals surface area (Å²) in [6, 6.07) is 6.42. The van der Waals surface area contributed by atoms with Crippen LogP contribution in [0.15, 0.2) is 27.9 Å². The van der Waals surface area contributed by atoms with Gasteiger partial charge in [-0.1, -0.05) is 6.07 Å². The lowest BCUT2D eigenvalue weighted by molar-refractivity contribution is -0.0952. The predicted molar refractivity (Wildman–Crippen MR) is 90.7 cm³/mol. The third-order valence-corrected chi connectivity index (χ3v) is 6.00. The Bertz CT molecular complexity index is 824. The molecule has 1 spiro atoms. The molecule has 2 aliphatic rings. The van der Waals surface area contributed by atoms with E-state index >= 15 is 0 Å². The van der Waals surface area contributed by atoms with Crippen molar-refractivity contribution in [2.24, 2.45) is 0 Å². The van der Waals surface area contributed by atoms with E-state index in [-0.39, 0.29) is 11.2 Å². The van der Waals surface area contributed by atoms with E-state index in [2.05, 4.69) is 42.0 Å². The van der Waals surface area contributed by atoms with Crippen molar-refractivity contribution in [1.29, 1.82) is 0 Å². The zero-order valence-corrected chi connectivity index (χ0v) is 14.3. The average Bonchev–Trinajstić information content (AvgIpc) is 2.89. The van der Waals surface area contributed by atoms with Gasteiger partial charge in [0.1, 0.15) is 11.4 Å². The largest absolute Gasteiger partial charge is 0.364 e. The summed E-state index contributed by atoms with van der Waals surface area (Å²) < 4.78 is 5.89. The summed E-state index contributed by atoms with van der Waals surface area (Å²) in [5, 5.41) is 0. The van der Waals surface area contributed by atoms with Gasteiger partial charge in [0.2, 0.25) is 0 Å². The van der Waals surface area contributed by atoms with Crippen LogP contribution >= 0.6 is 11.8 Å². The molecule has 0 unspecified atom stereocenters. The second kappa shape index (κ2) is 5.49. The summed E-state index contributed by atoms with van der Waals surface area (Å²) in [4.78, 5) is 21.3. The topological polar surface area (TPSA) is 55.0 Å². The molecule has 4 rings (SSSR count). The maximum atomic E-state index is 12.5. The first-order valence-corrected chi connectivity index (χ1v) is 9.02. The van der Waals surface area contributed by atoms with E-state index in [1.54, 1.807) is 11.8 Å². The van der Waals surface area contributed by atoms with Crippen LogP contribution in [0.3, 0.4) is 0 Å². The Morgan fingerprint density at radius 2 is 2.13 bits per heavy atom. The number of rotatable bonds is 3. The molecular formula is C18H20N2O2S. The molecule has 0 saturated heterocycles. The van der Waals surface area contributed by atoms with Crippen molar-refractivity contribution in [2.75, 3.05) is 0 Å². The van der Waals surface area contributed by atoms with Gasteiger partial charge in [-0.05, 0) is 56.4 Å². The molecule has 1 fully saturated rings. The second-order valence-corrected chi connectivity index (χ2v) is 7.55. The van der Waals surface area contributed by atoms with Gasteiger partial charge in [-0.2, -0.15) is 0 Å². The lowest BCUT2D eigenvalue weighted by Gasteiger charge is -2.37. The van der Waals surface area contributed by atoms with E-state index < -0.39 is 0 Å². The van der Waals surface area contributed by atoms with E-state index in [1.807, 2.05) is 0 Å². The maximum absolute atomic E-state index is 12.5. The summed E-state index contributed by atoms with van der Waals surface area (Å²) in [5.41, 5.74) is 3.86. The molecule has 1 aliphatic carbocycles. The Morgan fingerprint density at radius 3 is 2.83 bits per heavy atom. The van der Waals surface area contributed by atoms with Crippen molar-refractivity contribution < 1.29 is 4.74 Å². The fourth-order valence-corrected chi connectivity index (χ4v) is 4.20. The summed E-state index contributed by atoms with van der Waals surface area (Å²) in [5.74, 6) is 1.40. The molecule has 1 aliphatic heterocycles. The van der Waals surface area contributed by atoms with Crippen LogP contribution in [-0.2, 0) is 22.7 Å². The number of benzene rings is 1. The van der Waals surface area contributed by atoms with Crippen LogP contribution < -0.4 is 5.56 Å². The van der Waals surface area contributed by atoms with Gasteiger partial charge < -0.3 is 9.72 Å². The van der Waals surface area contributed by atoms with Crippen molar-refractivity contribution in [2.45, 2.75) is 56.0 Å². The number of fused-ring (bicyclic) bond motifs is 2. The number of aromatic nitrogens is 2. The lowest BCUT2D eigenvalue weighted by atomic mass is 9.76. The number of nitrogens with zero attached hydrogens (tertiary/aromatic N) is 1. The van der Waals surface area contributed by atoms with E-state index in [4.69, 9.17) is 4.74 Å². The van der Waals surface area contributed by atoms with Gasteiger partial charge in [0.05, 0.1) is 23.6 Å². The van der Waals surface area contributed by atoms with E-state index in [0.717, 1.165) is 36.3 Å². The summed E-state index contributed by atoms with van der Waals surface area (Å²) in [7, 11) is 0. The van der Waals surface area contributed by atoms with Gasteiger partial charge in [-0.3, -0.25) is 4.79 Å². The van der Waals surface area contributed by atoms with Crippen molar-refractivity contribution in [3.63, 3.8) is 0 Å². The highest BCUT2D eigenvalue weighted by atomic mass is 32.2. The Labute approximate surface area is 139 Å². The highest BCUT2D eigenvalue weighted by Gasteiger charge is 2.48. The van der Waals surface area contributed by atoms with Crippen molar-refractivity contribution >= 4 is 11.8 Å². The number of ether oxygens (including phenoxy) is 1. The van der Waals surface area contributed by atoms with Gasteiger partial charge in [0.25, 0.3) is 5.56 Å². The third-order valence-electron chi connectivity index (χ3n) is 5.00. The highest BCUT2D eigenvalue weighted by Crippen LogP contribution is 2.48. The molecule has 0 bridgehead atoms. The van der Waals surface area contributed by atoms with Crippen LogP contribution in [0, 0.1) is 13.8 Å². The van der Waals surface area contributed by atoms with Gasteiger partial charge in [0.15, 0.2) is 0 Å². The fourth-order valence-electron chi connectivity index (χ4n) is 3.34. The maximum Gasteiger partial charge on any atom is 0.257 e. The minimum atomic E-state index is -0.324. The molecule has 2 aromatic rings. The first-order valence-electron chi connectivity index (χ1n) is 8.04. The van der Waals surface area contributed by atoms with Crippen molar-refractivity contribution in [1.82, 2.24) is 9.97 Å². The molecule has 0 radical (unpaired) electrons. The SMILES string of the molecule is Cc1ccc(SCc2nc3c(c(=O)[nH]2)C2(CCC2)OC3)cc1C. The van der Waals surface area contributed by atoms with Crippen molar-refractivity contribution in [3.05, 3.63) is 56.8 Å². The average molecular weight is 328 g/mol. The first kappa shape index (κ1) is 15.0. The van der Waals surface area contributed by atoms with Crippen LogP contribution in [0.5, 0.6) is 0 Å². The summed E-state index contributed by atoms with van der Waals surface area (Å²) >= 11 is 1.70. The minimum Gasteiger partial charge on any atom is -0.364 e. The molecule has 1 N–H and O–H groups in total. The Hall–Kier alpha value is -1.59. The minimum absolute atomic E-state index is 0.0112. The quantitative estimate of drug-likeness (QED) is 0.875. The smallest absolute Gasteiger partial charge is 0.257 e. The zero-order chi connectivity index (χ0) is 16.0. The molecule has 1 aromatic heterocycles. The molecule has 0 amide bonds. The van der Waals surface area contributed by atoms with E-state index in [0.29, 0.717) is 12.4 Å². The first-order chi connectivity index (χ1) is 11.1. The molecule has 4 nitrogen and oxygen atoms in total. The van der Waals surface area contributed by atoms with Crippen molar-refractivity contribution in [3.8, 4) is 0 Å². The molecule has 5 heteroatoms. The number of aromatic amines is 1. The van der Waals surface area contributed by atoms with Crippen LogP contribution in [0.1, 0.15) is 47.5 Å². The van der Waals surface area contributed by atoms with Gasteiger partial charge in [-0.15, -0.1) is 11.8 Å². The zero-order valence-electron chi connectivity index (χ0n) is 13.4. The Kier molecular flexibility index (Phi) is 3.58. The monoisotopic (exact) mass is 328 g/mol. The van der Waals surface area contributed by atoms with Crippen LogP contribution in [0.25, 0.3) is 0 Å². The van der Waals surface area contributed by atoms with E-state index in [1.165, 1.54) is 16.0 Å². The summed E-state index contributed by atoms with van der Waals surface area (Å²) in [6.45, 7) is 4.70. The van der Waals surface area contributed by atoms with Gasteiger partial charge in [0, 0.05) is 4.90 Å². The second-order valence-electron chi connectivity index (χ2n) is 6.51.